The highest BCUT2D eigenvalue weighted by molar-refractivity contribution is 8.02. The van der Waals surface area contributed by atoms with Crippen molar-refractivity contribution < 1.29 is 26.3 Å². The van der Waals surface area contributed by atoms with E-state index in [2.05, 4.69) is 0 Å². The monoisotopic (exact) mass is 399 g/mol. The topological polar surface area (TPSA) is 3.24 Å². The van der Waals surface area contributed by atoms with Crippen molar-refractivity contribution in [2.75, 3.05) is 4.31 Å². The Labute approximate surface area is 154 Å². The van der Waals surface area contributed by atoms with Gasteiger partial charge in [-0.1, -0.05) is 54.6 Å². The number of benzene rings is 3. The van der Waals surface area contributed by atoms with Crippen LogP contribution in [0.3, 0.4) is 0 Å². The van der Waals surface area contributed by atoms with Gasteiger partial charge in [0.05, 0.1) is 5.69 Å². The smallest absolute Gasteiger partial charge is 0.244 e. The zero-order valence-corrected chi connectivity index (χ0v) is 14.3. The lowest BCUT2D eigenvalue weighted by atomic mass is 9.99. The second-order valence-corrected chi connectivity index (χ2v) is 7.16. The first-order valence-corrected chi connectivity index (χ1v) is 8.63. The summed E-state index contributed by atoms with van der Waals surface area (Å²) < 4.78 is 83.1. The Morgan fingerprint density at radius 1 is 0.704 bits per heavy atom. The summed E-state index contributed by atoms with van der Waals surface area (Å²) >= 11 is -0.846. The number of nitrogens with zero attached hydrogens (tertiary/aromatic N) is 1. The van der Waals surface area contributed by atoms with E-state index in [1.165, 1.54) is 18.2 Å². The molecule has 3 aromatic rings. The molecule has 0 saturated carbocycles. The Kier molecular flexibility index (Phi) is 3.89. The zero-order chi connectivity index (χ0) is 19.4. The van der Waals surface area contributed by atoms with Gasteiger partial charge < -0.3 is 0 Å². The average molecular weight is 399 g/mol. The predicted molar refractivity (Wildman–Crippen MR) is 94.3 cm³/mol. The van der Waals surface area contributed by atoms with Crippen LogP contribution in [0.1, 0.15) is 0 Å². The van der Waals surface area contributed by atoms with Gasteiger partial charge in [0.15, 0.2) is 0 Å². The largest absolute Gasteiger partial charge is 0.405 e. The SMILES string of the molecule is FC1(F)SN(c2cc(-c3ccccc3)cc3ccccc23)C(F)(F)C1(F)F. The third kappa shape index (κ3) is 2.57. The maximum Gasteiger partial charge on any atom is 0.405 e. The quantitative estimate of drug-likeness (QED) is 0.265. The summed E-state index contributed by atoms with van der Waals surface area (Å²) in [4.78, 5) is 0. The van der Waals surface area contributed by atoms with Crippen LogP contribution >= 0.6 is 11.9 Å². The third-order valence-corrected chi connectivity index (χ3v) is 5.46. The fraction of sp³-hybridized carbons (Fsp3) is 0.158. The molecule has 1 fully saturated rings. The summed E-state index contributed by atoms with van der Waals surface area (Å²) in [7, 11) is 0. The number of fused-ring (bicyclic) bond motifs is 1. The molecule has 1 saturated heterocycles. The van der Waals surface area contributed by atoms with Crippen LogP contribution in [-0.4, -0.2) is 17.2 Å². The highest BCUT2D eigenvalue weighted by Crippen LogP contribution is 2.63. The maximum absolute atomic E-state index is 14.3. The molecular weight excluding hydrogens is 388 g/mol. The van der Waals surface area contributed by atoms with Gasteiger partial charge in [-0.25, -0.2) is 4.31 Å². The molecule has 0 bridgehead atoms. The van der Waals surface area contributed by atoms with Crippen molar-refractivity contribution in [3.63, 3.8) is 0 Å². The molecule has 1 aliphatic rings. The van der Waals surface area contributed by atoms with E-state index in [0.717, 1.165) is 0 Å². The second-order valence-electron chi connectivity index (χ2n) is 6.10. The molecule has 27 heavy (non-hydrogen) atoms. The molecule has 4 rings (SSSR count). The summed E-state index contributed by atoms with van der Waals surface area (Å²) in [6, 6.07) is 12.7. The van der Waals surface area contributed by atoms with Crippen LogP contribution in [0, 0.1) is 0 Å². The Hall–Kier alpha value is -2.35. The molecular formula is C19H11F6NS. The van der Waals surface area contributed by atoms with Gasteiger partial charge in [-0.3, -0.25) is 0 Å². The molecule has 0 unspecified atom stereocenters. The number of rotatable bonds is 2. The van der Waals surface area contributed by atoms with Gasteiger partial charge in [0.2, 0.25) is 0 Å². The standard InChI is InChI=1S/C19H11F6NS/c20-17(21)18(22,23)26(27-19(17,24)25)16-11-14(12-6-2-1-3-7-12)10-13-8-4-5-9-15(13)16/h1-11H. The Bertz CT molecular complexity index is 1010. The van der Waals surface area contributed by atoms with Crippen LogP contribution in [0.5, 0.6) is 0 Å². The van der Waals surface area contributed by atoms with Crippen LogP contribution in [0.25, 0.3) is 21.9 Å². The van der Waals surface area contributed by atoms with Gasteiger partial charge in [-0.05, 0) is 28.6 Å². The summed E-state index contributed by atoms with van der Waals surface area (Å²) in [5.74, 6) is -5.51. The van der Waals surface area contributed by atoms with Crippen molar-refractivity contribution in [3.8, 4) is 11.1 Å². The van der Waals surface area contributed by atoms with Crippen molar-refractivity contribution in [2.45, 2.75) is 17.2 Å². The van der Waals surface area contributed by atoms with Crippen molar-refractivity contribution in [2.24, 2.45) is 0 Å². The van der Waals surface area contributed by atoms with Crippen molar-refractivity contribution in [1.29, 1.82) is 0 Å². The lowest BCUT2D eigenvalue weighted by Gasteiger charge is -2.27. The first kappa shape index (κ1) is 18.0. The minimum absolute atomic E-state index is 0.179. The first-order valence-electron chi connectivity index (χ1n) is 7.86. The normalized spacial score (nSPS) is 20.1. The van der Waals surface area contributed by atoms with E-state index < -0.39 is 29.2 Å². The number of halogens is 6. The molecule has 0 amide bonds. The van der Waals surface area contributed by atoms with Gasteiger partial charge in [0, 0.05) is 17.3 Å². The molecule has 0 radical (unpaired) electrons. The molecule has 0 aliphatic carbocycles. The molecule has 0 atom stereocenters. The molecule has 3 aromatic carbocycles. The summed E-state index contributed by atoms with van der Waals surface area (Å²) in [5.41, 5.74) is 0.716. The fourth-order valence-electron chi connectivity index (χ4n) is 2.99. The molecule has 1 nitrogen and oxygen atoms in total. The first-order chi connectivity index (χ1) is 12.6. The Balaban J connectivity index is 1.97. The van der Waals surface area contributed by atoms with Crippen LogP contribution in [0.4, 0.5) is 32.0 Å². The third-order valence-electron chi connectivity index (χ3n) is 4.37. The van der Waals surface area contributed by atoms with E-state index in [4.69, 9.17) is 0 Å². The van der Waals surface area contributed by atoms with E-state index in [1.54, 1.807) is 48.5 Å². The van der Waals surface area contributed by atoms with E-state index in [-0.39, 0.29) is 15.4 Å². The van der Waals surface area contributed by atoms with Gasteiger partial charge in [-0.2, -0.15) is 26.3 Å². The molecule has 0 spiro atoms. The molecule has 0 aromatic heterocycles. The van der Waals surface area contributed by atoms with Crippen LogP contribution in [0.15, 0.2) is 66.7 Å². The maximum atomic E-state index is 14.3. The highest BCUT2D eigenvalue weighted by atomic mass is 32.2. The predicted octanol–water partition coefficient (Wildman–Crippen LogP) is 6.80. The summed E-state index contributed by atoms with van der Waals surface area (Å²) in [6.45, 7) is 0. The lowest BCUT2D eigenvalue weighted by Crippen LogP contribution is -2.50. The van der Waals surface area contributed by atoms with Gasteiger partial charge in [0.25, 0.3) is 0 Å². The summed E-state index contributed by atoms with van der Waals surface area (Å²) in [5, 5.41) is -4.28. The van der Waals surface area contributed by atoms with E-state index in [0.29, 0.717) is 16.5 Å². The van der Waals surface area contributed by atoms with E-state index in [1.807, 2.05) is 0 Å². The van der Waals surface area contributed by atoms with Crippen molar-refractivity contribution in [3.05, 3.63) is 66.7 Å². The number of anilines is 1. The molecule has 1 aliphatic heterocycles. The molecule has 0 N–H and O–H groups in total. The van der Waals surface area contributed by atoms with Crippen molar-refractivity contribution >= 4 is 28.4 Å². The fourth-order valence-corrected chi connectivity index (χ4v) is 3.93. The Morgan fingerprint density at radius 3 is 1.96 bits per heavy atom. The van der Waals surface area contributed by atoms with E-state index >= 15 is 0 Å². The molecule has 8 heteroatoms. The molecule has 1 heterocycles. The minimum Gasteiger partial charge on any atom is -0.244 e. The Morgan fingerprint density at radius 2 is 1.33 bits per heavy atom. The number of hydrogen-bond donors (Lipinski definition) is 0. The van der Waals surface area contributed by atoms with Crippen LogP contribution in [0.2, 0.25) is 0 Å². The number of hydrogen-bond acceptors (Lipinski definition) is 2. The van der Waals surface area contributed by atoms with E-state index in [9.17, 15) is 26.3 Å². The average Bonchev–Trinajstić information content (AvgIpc) is 2.77. The molecule has 140 valence electrons. The summed E-state index contributed by atoms with van der Waals surface area (Å²) in [6.07, 6.45) is 0. The van der Waals surface area contributed by atoms with Gasteiger partial charge >= 0.3 is 17.2 Å². The van der Waals surface area contributed by atoms with Gasteiger partial charge in [-0.15, -0.1) is 0 Å². The zero-order valence-electron chi connectivity index (χ0n) is 13.5. The van der Waals surface area contributed by atoms with Crippen LogP contribution in [-0.2, 0) is 0 Å². The highest BCUT2D eigenvalue weighted by Gasteiger charge is 2.82. The number of alkyl halides is 6. The minimum atomic E-state index is -5.51. The lowest BCUT2D eigenvalue weighted by molar-refractivity contribution is -0.258. The second kappa shape index (κ2) is 5.82. The van der Waals surface area contributed by atoms with Crippen molar-refractivity contribution in [1.82, 2.24) is 0 Å². The van der Waals surface area contributed by atoms with Crippen LogP contribution < -0.4 is 4.31 Å². The van der Waals surface area contributed by atoms with Gasteiger partial charge in [0.1, 0.15) is 0 Å².